The van der Waals surface area contributed by atoms with E-state index in [2.05, 4.69) is 4.72 Å². The van der Waals surface area contributed by atoms with Crippen LogP contribution in [-0.4, -0.2) is 30.7 Å². The third kappa shape index (κ3) is 4.02. The molecule has 0 bridgehead atoms. The standard InChI is InChI=1S/C14H21N3O4S/c1-11-7-12(2)10-16(9-11)22(20,21)15-8-13-5-3-4-6-14(13)17(18)19/h3-6,11-12,15H,7-10H2,1-2H3/t11-,12-/m1/s1. The number of rotatable bonds is 5. The molecule has 2 rings (SSSR count). The van der Waals surface area contributed by atoms with Crippen LogP contribution in [0.4, 0.5) is 5.69 Å². The zero-order valence-corrected chi connectivity index (χ0v) is 13.5. The number of hydrogen-bond donors (Lipinski definition) is 1. The molecule has 2 atom stereocenters. The molecule has 0 aromatic heterocycles. The van der Waals surface area contributed by atoms with Crippen molar-refractivity contribution in [1.29, 1.82) is 0 Å². The summed E-state index contributed by atoms with van der Waals surface area (Å²) in [5.74, 6) is 0.623. The number of benzene rings is 1. The molecule has 1 aliphatic rings. The molecular formula is C14H21N3O4S. The fourth-order valence-corrected chi connectivity index (χ4v) is 4.32. The molecule has 0 radical (unpaired) electrons. The van der Waals surface area contributed by atoms with Crippen LogP contribution in [0.25, 0.3) is 0 Å². The lowest BCUT2D eigenvalue weighted by Gasteiger charge is -2.33. The van der Waals surface area contributed by atoms with Gasteiger partial charge in [-0.3, -0.25) is 10.1 Å². The number of nitrogens with zero attached hydrogens (tertiary/aromatic N) is 2. The maximum atomic E-state index is 12.4. The van der Waals surface area contributed by atoms with Crippen LogP contribution in [0.3, 0.4) is 0 Å². The highest BCUT2D eigenvalue weighted by molar-refractivity contribution is 7.87. The fraction of sp³-hybridized carbons (Fsp3) is 0.571. The first-order chi connectivity index (χ1) is 10.3. The molecule has 0 spiro atoms. The molecule has 1 aromatic rings. The molecule has 1 fully saturated rings. The van der Waals surface area contributed by atoms with Crippen molar-refractivity contribution in [1.82, 2.24) is 9.03 Å². The predicted molar refractivity (Wildman–Crippen MR) is 83.4 cm³/mol. The molecule has 1 aliphatic heterocycles. The molecule has 8 heteroatoms. The molecule has 0 aliphatic carbocycles. The Kier molecular flexibility index (Phi) is 5.15. The van der Waals surface area contributed by atoms with E-state index in [1.807, 2.05) is 13.8 Å². The number of nitro groups is 1. The van der Waals surface area contributed by atoms with E-state index in [1.54, 1.807) is 18.2 Å². The molecule has 0 amide bonds. The summed E-state index contributed by atoms with van der Waals surface area (Å²) in [4.78, 5) is 10.4. The van der Waals surface area contributed by atoms with Crippen LogP contribution >= 0.6 is 0 Å². The molecule has 1 N–H and O–H groups in total. The van der Waals surface area contributed by atoms with Crippen molar-refractivity contribution in [2.75, 3.05) is 13.1 Å². The molecule has 22 heavy (non-hydrogen) atoms. The Morgan fingerprint density at radius 3 is 2.45 bits per heavy atom. The van der Waals surface area contributed by atoms with Crippen LogP contribution in [-0.2, 0) is 16.8 Å². The van der Waals surface area contributed by atoms with Gasteiger partial charge in [0.05, 0.1) is 4.92 Å². The van der Waals surface area contributed by atoms with Crippen molar-refractivity contribution < 1.29 is 13.3 Å². The summed E-state index contributed by atoms with van der Waals surface area (Å²) in [6, 6.07) is 6.14. The maximum absolute atomic E-state index is 12.4. The second-order valence-corrected chi connectivity index (χ2v) is 7.73. The zero-order valence-electron chi connectivity index (χ0n) is 12.7. The van der Waals surface area contributed by atoms with E-state index in [4.69, 9.17) is 0 Å². The second kappa shape index (κ2) is 6.72. The van der Waals surface area contributed by atoms with E-state index < -0.39 is 15.1 Å². The summed E-state index contributed by atoms with van der Waals surface area (Å²) in [7, 11) is -3.63. The lowest BCUT2D eigenvalue weighted by atomic mass is 9.94. The summed E-state index contributed by atoms with van der Waals surface area (Å²) >= 11 is 0. The highest BCUT2D eigenvalue weighted by Gasteiger charge is 2.30. The van der Waals surface area contributed by atoms with E-state index in [9.17, 15) is 18.5 Å². The van der Waals surface area contributed by atoms with Crippen molar-refractivity contribution in [3.05, 3.63) is 39.9 Å². The first-order valence-electron chi connectivity index (χ1n) is 7.26. The maximum Gasteiger partial charge on any atom is 0.279 e. The molecule has 7 nitrogen and oxygen atoms in total. The van der Waals surface area contributed by atoms with Crippen LogP contribution in [0, 0.1) is 22.0 Å². The van der Waals surface area contributed by atoms with Gasteiger partial charge in [0.15, 0.2) is 0 Å². The Balaban J connectivity index is 2.09. The van der Waals surface area contributed by atoms with E-state index in [0.717, 1.165) is 6.42 Å². The number of nitro benzene ring substituents is 1. The van der Waals surface area contributed by atoms with Gasteiger partial charge in [0, 0.05) is 31.3 Å². The average molecular weight is 327 g/mol. The Labute approximate surface area is 130 Å². The molecule has 1 aromatic carbocycles. The largest absolute Gasteiger partial charge is 0.279 e. The second-order valence-electron chi connectivity index (χ2n) is 5.98. The van der Waals surface area contributed by atoms with Gasteiger partial charge in [-0.25, -0.2) is 0 Å². The summed E-state index contributed by atoms with van der Waals surface area (Å²) < 4.78 is 28.7. The van der Waals surface area contributed by atoms with Gasteiger partial charge < -0.3 is 0 Å². The monoisotopic (exact) mass is 327 g/mol. The zero-order chi connectivity index (χ0) is 16.3. The quantitative estimate of drug-likeness (QED) is 0.660. The smallest absolute Gasteiger partial charge is 0.258 e. The summed E-state index contributed by atoms with van der Waals surface area (Å²) in [6.07, 6.45) is 1.01. The van der Waals surface area contributed by atoms with Gasteiger partial charge in [0.25, 0.3) is 15.9 Å². The predicted octanol–water partition coefficient (Wildman–Crippen LogP) is 1.91. The van der Waals surface area contributed by atoms with Gasteiger partial charge in [0.1, 0.15) is 0 Å². The van der Waals surface area contributed by atoms with Crippen LogP contribution in [0.2, 0.25) is 0 Å². The lowest BCUT2D eigenvalue weighted by molar-refractivity contribution is -0.385. The molecule has 1 saturated heterocycles. The Morgan fingerprint density at radius 2 is 1.86 bits per heavy atom. The Morgan fingerprint density at radius 1 is 1.27 bits per heavy atom. The molecule has 122 valence electrons. The van der Waals surface area contributed by atoms with Gasteiger partial charge in [-0.1, -0.05) is 32.0 Å². The van der Waals surface area contributed by atoms with Crippen LogP contribution < -0.4 is 4.72 Å². The molecule has 1 heterocycles. The third-order valence-electron chi connectivity index (χ3n) is 3.81. The fourth-order valence-electron chi connectivity index (χ4n) is 2.90. The van der Waals surface area contributed by atoms with Crippen molar-refractivity contribution in [3.8, 4) is 0 Å². The van der Waals surface area contributed by atoms with Crippen molar-refractivity contribution >= 4 is 15.9 Å². The van der Waals surface area contributed by atoms with E-state index in [-0.39, 0.29) is 12.2 Å². The van der Waals surface area contributed by atoms with Gasteiger partial charge in [-0.2, -0.15) is 17.4 Å². The molecule has 0 unspecified atom stereocenters. The Hall–Kier alpha value is -1.51. The number of hydrogen-bond acceptors (Lipinski definition) is 4. The highest BCUT2D eigenvalue weighted by Crippen LogP contribution is 2.23. The molecular weight excluding hydrogens is 306 g/mol. The summed E-state index contributed by atoms with van der Waals surface area (Å²) in [6.45, 7) is 4.94. The first-order valence-corrected chi connectivity index (χ1v) is 8.70. The Bertz CT molecular complexity index is 637. The van der Waals surface area contributed by atoms with Gasteiger partial charge in [-0.15, -0.1) is 0 Å². The number of piperidine rings is 1. The van der Waals surface area contributed by atoms with E-state index in [0.29, 0.717) is 30.5 Å². The first kappa shape index (κ1) is 16.9. The average Bonchev–Trinajstić information content (AvgIpc) is 2.44. The van der Waals surface area contributed by atoms with Gasteiger partial charge in [-0.05, 0) is 18.3 Å². The van der Waals surface area contributed by atoms with Crippen molar-refractivity contribution in [3.63, 3.8) is 0 Å². The minimum atomic E-state index is -3.63. The minimum Gasteiger partial charge on any atom is -0.258 e. The highest BCUT2D eigenvalue weighted by atomic mass is 32.2. The van der Waals surface area contributed by atoms with Crippen LogP contribution in [0.5, 0.6) is 0 Å². The van der Waals surface area contributed by atoms with E-state index >= 15 is 0 Å². The summed E-state index contributed by atoms with van der Waals surface area (Å²) in [5, 5.41) is 11.0. The number of para-hydroxylation sites is 1. The van der Waals surface area contributed by atoms with E-state index in [1.165, 1.54) is 10.4 Å². The SMILES string of the molecule is C[C@@H]1C[C@@H](C)CN(S(=O)(=O)NCc2ccccc2[N+](=O)[O-])C1. The molecule has 0 saturated carbocycles. The minimum absolute atomic E-state index is 0.0782. The van der Waals surface area contributed by atoms with Crippen LogP contribution in [0.1, 0.15) is 25.8 Å². The van der Waals surface area contributed by atoms with Crippen molar-refractivity contribution in [2.24, 2.45) is 11.8 Å². The summed E-state index contributed by atoms with van der Waals surface area (Å²) in [5.41, 5.74) is 0.278. The lowest BCUT2D eigenvalue weighted by Crippen LogP contribution is -2.47. The third-order valence-corrected chi connectivity index (χ3v) is 5.30. The van der Waals surface area contributed by atoms with Crippen molar-refractivity contribution in [2.45, 2.75) is 26.8 Å². The topological polar surface area (TPSA) is 92.6 Å². The van der Waals surface area contributed by atoms with Crippen LogP contribution in [0.15, 0.2) is 24.3 Å². The number of nitrogens with one attached hydrogen (secondary N) is 1. The normalized spacial score (nSPS) is 23.4. The van der Waals surface area contributed by atoms with Gasteiger partial charge in [0.2, 0.25) is 0 Å². The van der Waals surface area contributed by atoms with Gasteiger partial charge >= 0.3 is 0 Å².